The fourth-order valence-electron chi connectivity index (χ4n) is 20.5. The van der Waals surface area contributed by atoms with E-state index in [0.717, 1.165) is 0 Å². The molecule has 11 aliphatic rings. The minimum absolute atomic E-state index is 0.186. The molecule has 14 aromatic rings. The largest absolute Gasteiger partial charge is 0.490 e. The molecule has 2 aromatic heterocycles. The summed E-state index contributed by atoms with van der Waals surface area (Å²) in [6.07, 6.45) is 0.000665. The van der Waals surface area contributed by atoms with Gasteiger partial charge in [0.15, 0.2) is 0 Å². The molecule has 13 heterocycles. The van der Waals surface area contributed by atoms with Crippen molar-refractivity contribution in [1.82, 2.24) is 9.97 Å². The number of H-pyrrole nitrogens is 2. The van der Waals surface area contributed by atoms with Gasteiger partial charge in [0.25, 0.3) is 0 Å². The molecule has 0 radical (unpaired) electrons. The molecule has 0 saturated carbocycles. The Morgan fingerprint density at radius 3 is 0.607 bits per heavy atom. The van der Waals surface area contributed by atoms with Gasteiger partial charge in [0.1, 0.15) is 148 Å². The standard InChI is InChI=1S/C112H78Cl8N4O16/c113-69-21-1-13-61(45-69)109(62-14-2-22-70(114)46-62)133-93-53-125-85-29-9-31-87-105(85)101-77-37-38-78(121-77)102-80-40-42-82(123-80)104-84-44-43-83(124-84)103(81-41-39-79(101)122-81)107-89(129-57-97-95(55-127-87)135-110(137-97,63-15-3-23-71(115)47-63)64-16-4-24-72(116)48-64)33-11-35-91(107)131-59-99-100(140-112(139-99,67-19-7-27-75(119)51-67)68-20-8-28-76(120)52-68)60-132-92-36-12-34-90(108(92)104)130-58-98-96(56-128-88-32-10-30-86(106(88)102)126-54-94(93)134-109)136-111(138-98,65-17-5-25-73(117)49-65)66-18-6-26-74(118)50-66/h1-52,93-100,121,124H,53-60H2. The van der Waals surface area contributed by atoms with Gasteiger partial charge < -0.3 is 85.8 Å². The van der Waals surface area contributed by atoms with Crippen molar-refractivity contribution in [1.29, 1.82) is 0 Å². The average Bonchev–Trinajstić information content (AvgIpc) is 1.63. The number of halogens is 8. The summed E-state index contributed by atoms with van der Waals surface area (Å²) >= 11 is 56.5. The highest BCUT2D eigenvalue weighted by Crippen LogP contribution is 2.56. The fraction of sp³-hybridized carbons (Fsp3) is 0.179. The van der Waals surface area contributed by atoms with E-state index in [0.29, 0.717) is 220 Å². The quantitative estimate of drug-likeness (QED) is 0.145. The zero-order valence-electron chi connectivity index (χ0n) is 73.7. The van der Waals surface area contributed by atoms with Crippen LogP contribution in [0.5, 0.6) is 46.0 Å². The van der Waals surface area contributed by atoms with Crippen molar-refractivity contribution in [2.24, 2.45) is 9.98 Å². The number of aromatic amines is 2. The number of ether oxygens (including phenoxy) is 16. The number of benzene rings is 12. The highest BCUT2D eigenvalue weighted by molar-refractivity contribution is 6.35. The number of nitrogens with zero attached hydrogens (tertiary/aromatic N) is 2. The predicted octanol–water partition coefficient (Wildman–Crippen LogP) is 23.0. The van der Waals surface area contributed by atoms with Gasteiger partial charge in [-0.05, 0) is 194 Å². The molecule has 698 valence electrons. The van der Waals surface area contributed by atoms with Gasteiger partial charge in [-0.15, -0.1) is 0 Å². The third-order valence-corrected chi connectivity index (χ3v) is 28.6. The summed E-state index contributed by atoms with van der Waals surface area (Å²) in [7, 11) is 0. The first kappa shape index (κ1) is 89.0. The number of hydrogen-bond acceptors (Lipinski definition) is 18. The Hall–Kier alpha value is -12.4. The molecule has 25 rings (SSSR count). The summed E-state index contributed by atoms with van der Waals surface area (Å²) in [6.45, 7) is -1.49. The van der Waals surface area contributed by atoms with E-state index < -0.39 is 72.0 Å². The predicted molar refractivity (Wildman–Crippen MR) is 534 cm³/mol. The first-order chi connectivity index (χ1) is 68.4. The first-order valence-corrected chi connectivity index (χ1v) is 48.7. The summed E-state index contributed by atoms with van der Waals surface area (Å²) in [5, 5.41) is 4.47. The van der Waals surface area contributed by atoms with Crippen LogP contribution < -0.4 is 48.6 Å². The summed E-state index contributed by atoms with van der Waals surface area (Å²) < 4.78 is 122. The molecule has 32 bridgehead atoms. The SMILES string of the molecule is Clc1cccc(C2(c3cccc(Cl)c3)OC3COc4cccc5c4C4=C6C=CC(=N6)C6=c7ccc([nH]7)=C7C8=NC(=C(c9ccc4[nH]9)c4c(cccc4OCC4OC(c9cccc(Cl)c9)(c9cccc(Cl)c9)OC4COc4cccc(c47)OCC4OC(c7cccc(Cl)c7)(c7cccc(Cl)c7)OC4COc4cccc(c46)OCC4OC(c6cccc(Cl)c6)(c6cccc(Cl)c6)OC4CO5)OCC3O2)C=C8)c1. The number of rotatable bonds is 8. The molecule has 8 unspecified atom stereocenters. The maximum absolute atomic E-state index is 7.66. The van der Waals surface area contributed by atoms with Crippen molar-refractivity contribution in [3.8, 4) is 46.0 Å². The van der Waals surface area contributed by atoms with E-state index in [9.17, 15) is 0 Å². The molecular weight excluding hydrogens is 1940 g/mol. The molecule has 28 heteroatoms. The highest BCUT2D eigenvalue weighted by atomic mass is 35.5. The van der Waals surface area contributed by atoms with E-state index >= 15 is 0 Å². The molecule has 11 aliphatic heterocycles. The maximum atomic E-state index is 7.66. The number of hydrogen-bond donors (Lipinski definition) is 2. The summed E-state index contributed by atoms with van der Waals surface area (Å²) in [4.78, 5) is 20.0. The molecule has 2 N–H and O–H groups in total. The number of fused-ring (bicyclic) bond motifs is 15. The molecule has 3 saturated heterocycles. The Morgan fingerprint density at radius 1 is 0.214 bits per heavy atom. The molecular formula is C112H78Cl8N4O16. The van der Waals surface area contributed by atoms with Crippen molar-refractivity contribution in [3.05, 3.63) is 456 Å². The average molecular weight is 2020 g/mol. The van der Waals surface area contributed by atoms with Crippen LogP contribution >= 0.6 is 92.8 Å². The van der Waals surface area contributed by atoms with Gasteiger partial charge in [0.2, 0.25) is 23.1 Å². The van der Waals surface area contributed by atoms with Gasteiger partial charge in [-0.25, -0.2) is 9.98 Å². The Morgan fingerprint density at radius 2 is 0.407 bits per heavy atom. The van der Waals surface area contributed by atoms with Gasteiger partial charge in [0.05, 0.1) is 45.1 Å². The molecule has 0 aliphatic carbocycles. The molecule has 12 aromatic carbocycles. The Bertz CT molecular complexity index is 7200. The van der Waals surface area contributed by atoms with Gasteiger partial charge in [0, 0.05) is 129 Å². The van der Waals surface area contributed by atoms with Crippen LogP contribution in [-0.2, 0) is 61.0 Å². The van der Waals surface area contributed by atoms with E-state index in [1.807, 2.05) is 267 Å². The van der Waals surface area contributed by atoms with E-state index in [1.165, 1.54) is 0 Å². The summed E-state index contributed by atoms with van der Waals surface area (Å²) in [5.74, 6) is -4.15. The number of allylic oxidation sites excluding steroid dienone is 4. The van der Waals surface area contributed by atoms with Crippen molar-refractivity contribution in [2.45, 2.75) is 72.0 Å². The van der Waals surface area contributed by atoms with E-state index in [4.69, 9.17) is 179 Å². The van der Waals surface area contributed by atoms with Crippen LogP contribution in [0.4, 0.5) is 0 Å². The minimum atomic E-state index is -1.71. The Kier molecular flexibility index (Phi) is 22.9. The van der Waals surface area contributed by atoms with Crippen LogP contribution in [0.25, 0.3) is 22.3 Å². The van der Waals surface area contributed by atoms with Gasteiger partial charge in [-0.3, -0.25) is 0 Å². The van der Waals surface area contributed by atoms with Crippen LogP contribution in [0.3, 0.4) is 0 Å². The molecule has 140 heavy (non-hydrogen) atoms. The topological polar surface area (TPSA) is 204 Å². The third kappa shape index (κ3) is 15.8. The molecule has 8 atom stereocenters. The van der Waals surface area contributed by atoms with Crippen molar-refractivity contribution in [2.75, 3.05) is 52.9 Å². The van der Waals surface area contributed by atoms with Gasteiger partial charge in [-0.1, -0.05) is 214 Å². The van der Waals surface area contributed by atoms with Gasteiger partial charge in [-0.2, -0.15) is 0 Å². The van der Waals surface area contributed by atoms with Crippen LogP contribution in [0.2, 0.25) is 40.2 Å². The number of aliphatic imine (C=N–C) groups is 2. The molecule has 0 amide bonds. The maximum Gasteiger partial charge on any atom is 0.223 e. The van der Waals surface area contributed by atoms with Crippen molar-refractivity contribution < 1.29 is 75.8 Å². The van der Waals surface area contributed by atoms with E-state index in [2.05, 4.69) is 9.97 Å². The lowest BCUT2D eigenvalue weighted by atomic mass is 9.97. The third-order valence-electron chi connectivity index (χ3n) is 26.8. The fourth-order valence-corrected chi connectivity index (χ4v) is 22.0. The highest BCUT2D eigenvalue weighted by Gasteiger charge is 2.57. The zero-order valence-corrected chi connectivity index (χ0v) is 79.8. The summed E-state index contributed by atoms with van der Waals surface area (Å²) in [5.41, 5.74) is 11.1. The molecule has 3 fully saturated rings. The van der Waals surface area contributed by atoms with Crippen molar-refractivity contribution in [3.63, 3.8) is 0 Å². The van der Waals surface area contributed by atoms with Gasteiger partial charge >= 0.3 is 0 Å². The van der Waals surface area contributed by atoms with Crippen LogP contribution in [0, 0.1) is 0 Å². The number of nitrogens with one attached hydrogen (secondary N) is 2. The lowest BCUT2D eigenvalue weighted by molar-refractivity contribution is -0.155. The zero-order chi connectivity index (χ0) is 94.3. The smallest absolute Gasteiger partial charge is 0.223 e. The van der Waals surface area contributed by atoms with E-state index in [1.54, 1.807) is 48.5 Å². The Balaban J connectivity index is 0.788. The van der Waals surface area contributed by atoms with Crippen molar-refractivity contribution >= 4 is 127 Å². The molecule has 0 spiro atoms. The van der Waals surface area contributed by atoms with Crippen LogP contribution in [0.1, 0.15) is 78.1 Å². The minimum Gasteiger partial charge on any atom is -0.490 e. The first-order valence-electron chi connectivity index (χ1n) is 45.7. The number of aromatic nitrogens is 2. The lowest BCUT2D eigenvalue weighted by Gasteiger charge is -2.30. The van der Waals surface area contributed by atoms with Crippen LogP contribution in [0.15, 0.2) is 337 Å². The second kappa shape index (κ2) is 36.0. The second-order valence-electron chi connectivity index (χ2n) is 35.3. The normalized spacial score (nSPS) is 22.5. The Labute approximate surface area is 842 Å². The van der Waals surface area contributed by atoms with Crippen LogP contribution in [-0.4, -0.2) is 123 Å². The molecule has 20 nitrogen and oxygen atoms in total. The lowest BCUT2D eigenvalue weighted by Crippen LogP contribution is -2.35. The summed E-state index contributed by atoms with van der Waals surface area (Å²) in [6, 6.07) is 89.6. The second-order valence-corrected chi connectivity index (χ2v) is 38.8. The van der Waals surface area contributed by atoms with E-state index in [-0.39, 0.29) is 52.9 Å². The monoisotopic (exact) mass is 2010 g/mol.